The number of halogens is 4. The molecule has 2 rings (SSSR count). The average Bonchev–Trinajstić information content (AvgIpc) is 2.42. The second-order valence-electron chi connectivity index (χ2n) is 5.59. The van der Waals surface area contributed by atoms with Crippen LogP contribution in [0.1, 0.15) is 38.3 Å². The quantitative estimate of drug-likeness (QED) is 0.787. The van der Waals surface area contributed by atoms with E-state index in [9.17, 15) is 9.18 Å². The Labute approximate surface area is 146 Å². The normalized spacial score (nSPS) is 22.6. The van der Waals surface area contributed by atoms with Gasteiger partial charge >= 0.3 is 0 Å². The molecule has 1 fully saturated rings. The Hall–Kier alpha value is -0.550. The van der Waals surface area contributed by atoms with Gasteiger partial charge in [-0.3, -0.25) is 4.79 Å². The molecule has 1 aromatic rings. The molecule has 7 heteroatoms. The van der Waals surface area contributed by atoms with Crippen LogP contribution in [0.2, 0.25) is 10.0 Å². The highest BCUT2D eigenvalue weighted by Crippen LogP contribution is 2.29. The third kappa shape index (κ3) is 4.72. The highest BCUT2D eigenvalue weighted by atomic mass is 35.5. The fourth-order valence-electron chi connectivity index (χ4n) is 2.65. The van der Waals surface area contributed by atoms with E-state index in [1.807, 2.05) is 0 Å². The van der Waals surface area contributed by atoms with E-state index < -0.39 is 5.82 Å². The van der Waals surface area contributed by atoms with Crippen molar-refractivity contribution in [3.63, 3.8) is 0 Å². The first kappa shape index (κ1) is 19.5. The zero-order valence-corrected chi connectivity index (χ0v) is 14.8. The Bertz CT molecular complexity index is 542. The van der Waals surface area contributed by atoms with Gasteiger partial charge in [0.15, 0.2) is 0 Å². The Morgan fingerprint density at radius 3 is 2.73 bits per heavy atom. The van der Waals surface area contributed by atoms with Crippen molar-refractivity contribution in [3.05, 3.63) is 33.6 Å². The third-order valence-electron chi connectivity index (χ3n) is 3.86. The van der Waals surface area contributed by atoms with Gasteiger partial charge in [-0.2, -0.15) is 0 Å². The van der Waals surface area contributed by atoms with Crippen LogP contribution in [0.25, 0.3) is 0 Å². The lowest BCUT2D eigenvalue weighted by molar-refractivity contribution is -0.126. The second kappa shape index (κ2) is 8.34. The van der Waals surface area contributed by atoms with Gasteiger partial charge in [0.2, 0.25) is 5.91 Å². The van der Waals surface area contributed by atoms with Gasteiger partial charge in [0.05, 0.1) is 11.1 Å². The number of nitrogens with one attached hydrogen (secondary N) is 2. The smallest absolute Gasteiger partial charge is 0.223 e. The first-order valence-electron chi connectivity index (χ1n) is 7.06. The zero-order valence-electron chi connectivity index (χ0n) is 12.5. The van der Waals surface area contributed by atoms with Gasteiger partial charge in [-0.1, -0.05) is 23.2 Å². The Morgan fingerprint density at radius 1 is 1.41 bits per heavy atom. The van der Waals surface area contributed by atoms with Crippen molar-refractivity contribution in [1.29, 1.82) is 0 Å². The predicted octanol–water partition coefficient (Wildman–Crippen LogP) is 4.12. The molecule has 0 aromatic heterocycles. The summed E-state index contributed by atoms with van der Waals surface area (Å²) in [6, 6.07) is 2.62. The van der Waals surface area contributed by atoms with E-state index in [1.165, 1.54) is 12.1 Å². The van der Waals surface area contributed by atoms with Gasteiger partial charge in [-0.05, 0) is 50.9 Å². The molecule has 1 saturated heterocycles. The molecule has 22 heavy (non-hydrogen) atoms. The molecule has 1 amide bonds. The molecule has 1 aliphatic heterocycles. The first-order chi connectivity index (χ1) is 9.88. The minimum atomic E-state index is -0.535. The molecular formula is C15H20Cl3FN2O. The van der Waals surface area contributed by atoms with E-state index >= 15 is 0 Å². The topological polar surface area (TPSA) is 41.1 Å². The van der Waals surface area contributed by atoms with Crippen molar-refractivity contribution in [1.82, 2.24) is 10.6 Å². The van der Waals surface area contributed by atoms with E-state index in [2.05, 4.69) is 17.6 Å². The Morgan fingerprint density at radius 2 is 2.09 bits per heavy atom. The van der Waals surface area contributed by atoms with Crippen LogP contribution in [0, 0.1) is 11.7 Å². The molecule has 2 N–H and O–H groups in total. The average molecular weight is 370 g/mol. The zero-order chi connectivity index (χ0) is 15.6. The highest BCUT2D eigenvalue weighted by Gasteiger charge is 2.26. The van der Waals surface area contributed by atoms with E-state index in [-0.39, 0.29) is 35.3 Å². The second-order valence-corrected chi connectivity index (χ2v) is 6.41. The summed E-state index contributed by atoms with van der Waals surface area (Å²) < 4.78 is 13.6. The number of hydrogen-bond acceptors (Lipinski definition) is 2. The van der Waals surface area contributed by atoms with Gasteiger partial charge in [0.1, 0.15) is 5.82 Å². The molecule has 1 unspecified atom stereocenters. The maximum atomic E-state index is 13.6. The summed E-state index contributed by atoms with van der Waals surface area (Å²) in [5.74, 6) is -0.561. The fraction of sp³-hybridized carbons (Fsp3) is 0.533. The summed E-state index contributed by atoms with van der Waals surface area (Å²) in [6.07, 6.45) is 1.62. The molecule has 0 radical (unpaired) electrons. The van der Waals surface area contributed by atoms with E-state index in [4.69, 9.17) is 23.2 Å². The molecule has 1 aliphatic rings. The van der Waals surface area contributed by atoms with Crippen molar-refractivity contribution in [2.24, 2.45) is 5.92 Å². The summed E-state index contributed by atoms with van der Waals surface area (Å²) in [6.45, 7) is 4.69. The molecule has 124 valence electrons. The number of amides is 1. The van der Waals surface area contributed by atoms with Crippen molar-refractivity contribution < 1.29 is 9.18 Å². The Kier molecular flexibility index (Phi) is 7.39. The predicted molar refractivity (Wildman–Crippen MR) is 90.4 cm³/mol. The van der Waals surface area contributed by atoms with Crippen LogP contribution in [0.3, 0.4) is 0 Å². The molecule has 0 spiro atoms. The summed E-state index contributed by atoms with van der Waals surface area (Å²) in [5, 5.41) is 6.56. The van der Waals surface area contributed by atoms with Gasteiger partial charge in [0, 0.05) is 17.0 Å². The van der Waals surface area contributed by atoms with Crippen LogP contribution >= 0.6 is 35.6 Å². The van der Waals surface area contributed by atoms with Crippen LogP contribution in [-0.2, 0) is 4.79 Å². The summed E-state index contributed by atoms with van der Waals surface area (Å²) in [7, 11) is 0. The SMILES string of the molecule is CC(NC(=O)[C@H]1CCN[C@@H](C)C1)c1cc(F)c(Cl)cc1Cl.Cl. The van der Waals surface area contributed by atoms with Crippen molar-refractivity contribution in [2.45, 2.75) is 38.8 Å². The standard InChI is InChI=1S/C15H19Cl2FN2O.ClH/c1-8-5-10(3-4-19-8)15(21)20-9(2)11-6-14(18)13(17)7-12(11)16;/h6-10,19H,3-5H2,1-2H3,(H,20,21);1H/t8-,9?,10-;/m0./s1. The lowest BCUT2D eigenvalue weighted by Gasteiger charge is -2.28. The fourth-order valence-corrected chi connectivity index (χ4v) is 3.20. The molecule has 1 heterocycles. The lowest BCUT2D eigenvalue weighted by Crippen LogP contribution is -2.43. The van der Waals surface area contributed by atoms with Crippen molar-refractivity contribution in [3.8, 4) is 0 Å². The van der Waals surface area contributed by atoms with Crippen LogP contribution in [-0.4, -0.2) is 18.5 Å². The molecule has 3 nitrogen and oxygen atoms in total. The highest BCUT2D eigenvalue weighted by molar-refractivity contribution is 6.35. The number of carbonyl (C=O) groups excluding carboxylic acids is 1. The number of carbonyl (C=O) groups is 1. The van der Waals surface area contributed by atoms with Crippen LogP contribution < -0.4 is 10.6 Å². The van der Waals surface area contributed by atoms with Crippen LogP contribution in [0.5, 0.6) is 0 Å². The monoisotopic (exact) mass is 368 g/mol. The van der Waals surface area contributed by atoms with Gasteiger partial charge in [-0.15, -0.1) is 12.4 Å². The van der Waals surface area contributed by atoms with E-state index in [0.717, 1.165) is 19.4 Å². The summed E-state index contributed by atoms with van der Waals surface area (Å²) in [5.41, 5.74) is 0.536. The van der Waals surface area contributed by atoms with Crippen LogP contribution in [0.15, 0.2) is 12.1 Å². The largest absolute Gasteiger partial charge is 0.349 e. The van der Waals surface area contributed by atoms with E-state index in [0.29, 0.717) is 16.6 Å². The van der Waals surface area contributed by atoms with Gasteiger partial charge in [-0.25, -0.2) is 4.39 Å². The summed E-state index contributed by atoms with van der Waals surface area (Å²) >= 11 is 11.8. The molecule has 0 saturated carbocycles. The van der Waals surface area contributed by atoms with Crippen LogP contribution in [0.4, 0.5) is 4.39 Å². The minimum absolute atomic E-state index is 0. The van der Waals surface area contributed by atoms with Gasteiger partial charge in [0.25, 0.3) is 0 Å². The molecule has 0 bridgehead atoms. The van der Waals surface area contributed by atoms with E-state index in [1.54, 1.807) is 6.92 Å². The van der Waals surface area contributed by atoms with Gasteiger partial charge < -0.3 is 10.6 Å². The third-order valence-corrected chi connectivity index (χ3v) is 4.48. The molecule has 3 atom stereocenters. The molecule has 0 aliphatic carbocycles. The number of rotatable bonds is 3. The van der Waals surface area contributed by atoms with Crippen molar-refractivity contribution >= 4 is 41.5 Å². The number of hydrogen-bond donors (Lipinski definition) is 2. The minimum Gasteiger partial charge on any atom is -0.349 e. The number of piperidine rings is 1. The summed E-state index contributed by atoms with van der Waals surface area (Å²) in [4.78, 5) is 12.3. The lowest BCUT2D eigenvalue weighted by atomic mass is 9.92. The first-order valence-corrected chi connectivity index (χ1v) is 7.82. The molecule has 1 aromatic carbocycles. The maximum Gasteiger partial charge on any atom is 0.223 e. The maximum absolute atomic E-state index is 13.6. The number of benzene rings is 1. The van der Waals surface area contributed by atoms with Crippen molar-refractivity contribution in [2.75, 3.05) is 6.54 Å². The molecular weight excluding hydrogens is 350 g/mol. The Balaban J connectivity index is 0.00000242.